The number of benzene rings is 1. The zero-order valence-electron chi connectivity index (χ0n) is 13.4. The van der Waals surface area contributed by atoms with Crippen LogP contribution in [0, 0.1) is 11.7 Å². The fraction of sp³-hybridized carbons (Fsp3) is 0.611. The molecule has 0 atom stereocenters. The number of carbonyl (C=O) groups excluding carboxylic acids is 1. The van der Waals surface area contributed by atoms with Gasteiger partial charge >= 0.3 is 0 Å². The monoisotopic (exact) mass is 338 g/mol. The SMILES string of the molecule is O=C(C1CCCCC1)N1CCN(Cc2ccc(F)cc2Cl)CC1. The fourth-order valence-corrected chi connectivity index (χ4v) is 3.85. The zero-order valence-corrected chi connectivity index (χ0v) is 14.2. The Morgan fingerprint density at radius 3 is 2.48 bits per heavy atom. The van der Waals surface area contributed by atoms with Crippen molar-refractivity contribution in [1.29, 1.82) is 0 Å². The van der Waals surface area contributed by atoms with Crippen molar-refractivity contribution in [3.8, 4) is 0 Å². The molecule has 0 spiro atoms. The molecule has 3 nitrogen and oxygen atoms in total. The Bertz CT molecular complexity index is 552. The van der Waals surface area contributed by atoms with Crippen LogP contribution in [0.2, 0.25) is 5.02 Å². The lowest BCUT2D eigenvalue weighted by Crippen LogP contribution is -2.50. The van der Waals surface area contributed by atoms with Gasteiger partial charge in [-0.25, -0.2) is 4.39 Å². The lowest BCUT2D eigenvalue weighted by Gasteiger charge is -2.37. The van der Waals surface area contributed by atoms with Crippen molar-refractivity contribution in [2.45, 2.75) is 38.6 Å². The van der Waals surface area contributed by atoms with Crippen LogP contribution in [0.1, 0.15) is 37.7 Å². The summed E-state index contributed by atoms with van der Waals surface area (Å²) in [6, 6.07) is 4.56. The molecule has 0 N–H and O–H groups in total. The van der Waals surface area contributed by atoms with E-state index in [0.29, 0.717) is 17.5 Å². The second-order valence-electron chi connectivity index (χ2n) is 6.67. The number of rotatable bonds is 3. The van der Waals surface area contributed by atoms with Crippen LogP contribution in [0.25, 0.3) is 0 Å². The van der Waals surface area contributed by atoms with Crippen molar-refractivity contribution >= 4 is 17.5 Å². The maximum atomic E-state index is 13.1. The van der Waals surface area contributed by atoms with Gasteiger partial charge in [0.1, 0.15) is 5.82 Å². The van der Waals surface area contributed by atoms with Gasteiger partial charge in [0.05, 0.1) is 0 Å². The van der Waals surface area contributed by atoms with E-state index in [-0.39, 0.29) is 11.7 Å². The molecule has 0 unspecified atom stereocenters. The Balaban J connectivity index is 1.51. The van der Waals surface area contributed by atoms with Crippen LogP contribution in [-0.4, -0.2) is 41.9 Å². The predicted molar refractivity (Wildman–Crippen MR) is 89.8 cm³/mol. The highest BCUT2D eigenvalue weighted by Crippen LogP contribution is 2.26. The summed E-state index contributed by atoms with van der Waals surface area (Å²) in [6.45, 7) is 3.99. The summed E-state index contributed by atoms with van der Waals surface area (Å²) >= 11 is 6.10. The van der Waals surface area contributed by atoms with Gasteiger partial charge in [-0.1, -0.05) is 36.9 Å². The van der Waals surface area contributed by atoms with Gasteiger partial charge in [0, 0.05) is 43.7 Å². The van der Waals surface area contributed by atoms with E-state index in [1.807, 2.05) is 4.90 Å². The molecule has 0 radical (unpaired) electrons. The number of hydrogen-bond acceptors (Lipinski definition) is 2. The Hall–Kier alpha value is -1.13. The van der Waals surface area contributed by atoms with Gasteiger partial charge in [0.25, 0.3) is 0 Å². The first kappa shape index (κ1) is 16.7. The topological polar surface area (TPSA) is 23.6 Å². The van der Waals surface area contributed by atoms with E-state index in [2.05, 4.69) is 4.90 Å². The molecular weight excluding hydrogens is 315 g/mol. The molecule has 1 aromatic rings. The molecule has 5 heteroatoms. The average molecular weight is 339 g/mol. The highest BCUT2D eigenvalue weighted by Gasteiger charge is 2.28. The van der Waals surface area contributed by atoms with E-state index >= 15 is 0 Å². The smallest absolute Gasteiger partial charge is 0.225 e. The average Bonchev–Trinajstić information content (AvgIpc) is 2.58. The molecule has 1 aromatic carbocycles. The van der Waals surface area contributed by atoms with Crippen LogP contribution >= 0.6 is 11.6 Å². The summed E-state index contributed by atoms with van der Waals surface area (Å²) in [7, 11) is 0. The van der Waals surface area contributed by atoms with Crippen LogP contribution in [-0.2, 0) is 11.3 Å². The lowest BCUT2D eigenvalue weighted by molar-refractivity contribution is -0.138. The summed E-state index contributed by atoms with van der Waals surface area (Å²) in [6.07, 6.45) is 5.78. The molecular formula is C18H24ClFN2O. The molecule has 126 valence electrons. The third kappa shape index (κ3) is 4.24. The van der Waals surface area contributed by atoms with Crippen molar-refractivity contribution in [2.75, 3.05) is 26.2 Å². The fourth-order valence-electron chi connectivity index (χ4n) is 3.62. The van der Waals surface area contributed by atoms with Crippen molar-refractivity contribution in [3.63, 3.8) is 0 Å². The number of hydrogen-bond donors (Lipinski definition) is 0. The maximum absolute atomic E-state index is 13.1. The van der Waals surface area contributed by atoms with Gasteiger partial charge in [-0.2, -0.15) is 0 Å². The molecule has 3 rings (SSSR count). The first-order chi connectivity index (χ1) is 11.1. The van der Waals surface area contributed by atoms with E-state index in [9.17, 15) is 9.18 Å². The van der Waals surface area contributed by atoms with E-state index in [1.165, 1.54) is 31.4 Å². The van der Waals surface area contributed by atoms with Crippen LogP contribution in [0.5, 0.6) is 0 Å². The second kappa shape index (κ2) is 7.63. The highest BCUT2D eigenvalue weighted by atomic mass is 35.5. The molecule has 1 saturated carbocycles. The van der Waals surface area contributed by atoms with Crippen molar-refractivity contribution in [2.24, 2.45) is 5.92 Å². The molecule has 2 aliphatic rings. The number of carbonyl (C=O) groups is 1. The van der Waals surface area contributed by atoms with Crippen LogP contribution < -0.4 is 0 Å². The lowest BCUT2D eigenvalue weighted by atomic mass is 9.88. The number of piperazine rings is 1. The third-order valence-corrected chi connectivity index (χ3v) is 5.40. The first-order valence-corrected chi connectivity index (χ1v) is 8.96. The van der Waals surface area contributed by atoms with Gasteiger partial charge < -0.3 is 4.90 Å². The molecule has 2 fully saturated rings. The largest absolute Gasteiger partial charge is 0.340 e. The minimum Gasteiger partial charge on any atom is -0.340 e. The quantitative estimate of drug-likeness (QED) is 0.839. The molecule has 1 heterocycles. The first-order valence-electron chi connectivity index (χ1n) is 8.58. The van der Waals surface area contributed by atoms with E-state index in [1.54, 1.807) is 6.07 Å². The van der Waals surface area contributed by atoms with E-state index in [0.717, 1.165) is 44.6 Å². The van der Waals surface area contributed by atoms with Crippen LogP contribution in [0.4, 0.5) is 4.39 Å². The van der Waals surface area contributed by atoms with Crippen molar-refractivity contribution < 1.29 is 9.18 Å². The summed E-state index contributed by atoms with van der Waals surface area (Å²) in [5.41, 5.74) is 0.945. The van der Waals surface area contributed by atoms with Gasteiger partial charge in [-0.05, 0) is 30.5 Å². The molecule has 0 bridgehead atoms. The number of amides is 1. The summed E-state index contributed by atoms with van der Waals surface area (Å²) in [5, 5.41) is 0.478. The minimum absolute atomic E-state index is 0.252. The molecule has 1 amide bonds. The Kier molecular flexibility index (Phi) is 5.54. The van der Waals surface area contributed by atoms with Gasteiger partial charge in [0.2, 0.25) is 5.91 Å². The predicted octanol–water partition coefficient (Wildman–Crippen LogP) is 3.70. The maximum Gasteiger partial charge on any atom is 0.225 e. The van der Waals surface area contributed by atoms with E-state index < -0.39 is 0 Å². The van der Waals surface area contributed by atoms with Gasteiger partial charge in [-0.3, -0.25) is 9.69 Å². The second-order valence-corrected chi connectivity index (χ2v) is 7.08. The molecule has 23 heavy (non-hydrogen) atoms. The third-order valence-electron chi connectivity index (χ3n) is 5.05. The minimum atomic E-state index is -0.304. The summed E-state index contributed by atoms with van der Waals surface area (Å²) < 4.78 is 13.1. The summed E-state index contributed by atoms with van der Waals surface area (Å²) in [5.74, 6) is 0.299. The van der Waals surface area contributed by atoms with Crippen LogP contribution in [0.3, 0.4) is 0 Å². The number of halogens is 2. The van der Waals surface area contributed by atoms with Gasteiger partial charge in [0.15, 0.2) is 0 Å². The molecule has 1 aliphatic heterocycles. The van der Waals surface area contributed by atoms with Crippen LogP contribution in [0.15, 0.2) is 18.2 Å². The Labute approximate surface area is 142 Å². The number of nitrogens with zero attached hydrogens (tertiary/aromatic N) is 2. The Morgan fingerprint density at radius 1 is 1.13 bits per heavy atom. The molecule has 0 aromatic heterocycles. The molecule has 1 aliphatic carbocycles. The Morgan fingerprint density at radius 2 is 1.83 bits per heavy atom. The van der Waals surface area contributed by atoms with E-state index in [4.69, 9.17) is 11.6 Å². The zero-order chi connectivity index (χ0) is 16.2. The summed E-state index contributed by atoms with van der Waals surface area (Å²) in [4.78, 5) is 16.9. The highest BCUT2D eigenvalue weighted by molar-refractivity contribution is 6.31. The van der Waals surface area contributed by atoms with Crippen molar-refractivity contribution in [1.82, 2.24) is 9.80 Å². The van der Waals surface area contributed by atoms with Crippen molar-refractivity contribution in [3.05, 3.63) is 34.6 Å². The molecule has 1 saturated heterocycles. The standard InChI is InChI=1S/C18H24ClFN2O/c19-17-12-16(20)7-6-15(17)13-21-8-10-22(11-9-21)18(23)14-4-2-1-3-5-14/h6-7,12,14H,1-5,8-11,13H2. The normalized spacial score (nSPS) is 20.7. The van der Waals surface area contributed by atoms with Gasteiger partial charge in [-0.15, -0.1) is 0 Å².